The van der Waals surface area contributed by atoms with Gasteiger partial charge in [-0.15, -0.1) is 0 Å². The molecule has 0 spiro atoms. The smallest absolute Gasteiger partial charge is 0.251 e. The second-order valence-corrected chi connectivity index (χ2v) is 9.99. The summed E-state index contributed by atoms with van der Waals surface area (Å²) < 4.78 is 27.6. The van der Waals surface area contributed by atoms with Gasteiger partial charge in [-0.25, -0.2) is 13.1 Å². The summed E-state index contributed by atoms with van der Waals surface area (Å²) >= 11 is 6.07. The van der Waals surface area contributed by atoms with Crippen molar-refractivity contribution in [2.75, 3.05) is 0 Å². The van der Waals surface area contributed by atoms with Gasteiger partial charge < -0.3 is 5.32 Å². The molecular weight excluding hydrogens is 360 g/mol. The van der Waals surface area contributed by atoms with Crippen molar-refractivity contribution in [3.63, 3.8) is 0 Å². The highest BCUT2D eigenvalue weighted by Gasteiger charge is 2.26. The molecule has 5 nitrogen and oxygen atoms in total. The Kier molecular flexibility index (Phi) is 6.17. The minimum Gasteiger partial charge on any atom is -0.349 e. The number of nitrogens with one attached hydrogen (secondary N) is 2. The third-order valence-corrected chi connectivity index (χ3v) is 6.51. The monoisotopic (exact) mass is 386 g/mol. The van der Waals surface area contributed by atoms with Gasteiger partial charge in [-0.3, -0.25) is 4.79 Å². The lowest BCUT2D eigenvalue weighted by molar-refractivity contribution is 0.0923. The Morgan fingerprint density at radius 3 is 2.32 bits per heavy atom. The van der Waals surface area contributed by atoms with Crippen molar-refractivity contribution in [2.24, 2.45) is 5.92 Å². The van der Waals surface area contributed by atoms with Gasteiger partial charge in [-0.05, 0) is 70.6 Å². The summed E-state index contributed by atoms with van der Waals surface area (Å²) in [6, 6.07) is 4.50. The summed E-state index contributed by atoms with van der Waals surface area (Å²) in [7, 11) is -3.81. The number of amides is 1. The van der Waals surface area contributed by atoms with Crippen molar-refractivity contribution >= 4 is 27.5 Å². The minimum absolute atomic E-state index is 0.0750. The Labute approximate surface area is 155 Å². The van der Waals surface area contributed by atoms with Gasteiger partial charge in [0.1, 0.15) is 4.90 Å². The maximum Gasteiger partial charge on any atom is 0.251 e. The third kappa shape index (κ3) is 5.69. The van der Waals surface area contributed by atoms with E-state index in [0.717, 1.165) is 25.7 Å². The molecule has 0 atom stereocenters. The van der Waals surface area contributed by atoms with E-state index in [0.29, 0.717) is 11.5 Å². The van der Waals surface area contributed by atoms with Gasteiger partial charge in [0, 0.05) is 17.1 Å². The van der Waals surface area contributed by atoms with E-state index in [1.54, 1.807) is 26.8 Å². The zero-order chi connectivity index (χ0) is 18.8. The van der Waals surface area contributed by atoms with E-state index >= 15 is 0 Å². The molecule has 7 heteroatoms. The lowest BCUT2D eigenvalue weighted by Gasteiger charge is -2.27. The zero-order valence-electron chi connectivity index (χ0n) is 15.2. The summed E-state index contributed by atoms with van der Waals surface area (Å²) in [4.78, 5) is 12.4. The summed E-state index contributed by atoms with van der Waals surface area (Å²) in [5.74, 6) is 0.437. The first-order chi connectivity index (χ1) is 11.5. The van der Waals surface area contributed by atoms with E-state index in [2.05, 4.69) is 17.0 Å². The van der Waals surface area contributed by atoms with Gasteiger partial charge in [-0.1, -0.05) is 18.5 Å². The average Bonchev–Trinajstić information content (AvgIpc) is 2.47. The molecule has 0 radical (unpaired) electrons. The van der Waals surface area contributed by atoms with Crippen LogP contribution in [0.4, 0.5) is 0 Å². The Balaban J connectivity index is 2.19. The molecule has 0 heterocycles. The van der Waals surface area contributed by atoms with Crippen LogP contribution in [-0.4, -0.2) is 25.9 Å². The normalized spacial score (nSPS) is 21.8. The molecule has 0 aromatic heterocycles. The number of hydrogen-bond acceptors (Lipinski definition) is 3. The highest BCUT2D eigenvalue weighted by atomic mass is 35.5. The van der Waals surface area contributed by atoms with Crippen LogP contribution in [-0.2, 0) is 10.0 Å². The van der Waals surface area contributed by atoms with Crippen LogP contribution >= 0.6 is 11.6 Å². The molecule has 0 saturated heterocycles. The highest BCUT2D eigenvalue weighted by Crippen LogP contribution is 2.26. The van der Waals surface area contributed by atoms with Crippen LogP contribution in [0, 0.1) is 5.92 Å². The zero-order valence-corrected chi connectivity index (χ0v) is 16.8. The van der Waals surface area contributed by atoms with E-state index in [-0.39, 0.29) is 21.9 Å². The molecule has 140 valence electrons. The number of rotatable bonds is 4. The number of hydrogen-bond donors (Lipinski definition) is 2. The molecule has 1 saturated carbocycles. The van der Waals surface area contributed by atoms with E-state index in [9.17, 15) is 13.2 Å². The first-order valence-corrected chi connectivity index (χ1v) is 10.5. The van der Waals surface area contributed by atoms with Crippen LogP contribution in [0.1, 0.15) is 63.7 Å². The lowest BCUT2D eigenvalue weighted by atomic mass is 9.87. The fourth-order valence-electron chi connectivity index (χ4n) is 2.98. The van der Waals surface area contributed by atoms with Gasteiger partial charge in [0.15, 0.2) is 0 Å². The van der Waals surface area contributed by atoms with E-state index in [1.807, 2.05) is 0 Å². The Morgan fingerprint density at radius 1 is 1.16 bits per heavy atom. The number of carbonyl (C=O) groups is 1. The standard InChI is InChI=1S/C18H27ClN2O3S/c1-12-5-8-14(9-6-12)20-17(22)13-7-10-15(19)16(11-13)25(23,24)21-18(2,3)4/h7,10-12,14,21H,5-6,8-9H2,1-4H3,(H,20,22). The van der Waals surface area contributed by atoms with Gasteiger partial charge in [0.05, 0.1) is 5.02 Å². The molecule has 1 aromatic rings. The number of halogens is 1. The second-order valence-electron chi connectivity index (χ2n) is 7.93. The summed E-state index contributed by atoms with van der Waals surface area (Å²) in [5, 5.41) is 3.10. The Morgan fingerprint density at radius 2 is 1.76 bits per heavy atom. The highest BCUT2D eigenvalue weighted by molar-refractivity contribution is 7.89. The predicted octanol–water partition coefficient (Wildman–Crippen LogP) is 3.73. The van der Waals surface area contributed by atoms with Crippen molar-refractivity contribution in [1.29, 1.82) is 0 Å². The van der Waals surface area contributed by atoms with Crippen molar-refractivity contribution in [1.82, 2.24) is 10.0 Å². The summed E-state index contributed by atoms with van der Waals surface area (Å²) in [6.07, 6.45) is 4.11. The van der Waals surface area contributed by atoms with Crippen LogP contribution in [0.15, 0.2) is 23.1 Å². The molecule has 1 amide bonds. The van der Waals surface area contributed by atoms with Crippen molar-refractivity contribution in [3.05, 3.63) is 28.8 Å². The first kappa shape index (κ1) is 20.2. The summed E-state index contributed by atoms with van der Waals surface area (Å²) in [6.45, 7) is 7.47. The molecule has 0 unspecified atom stereocenters. The fourth-order valence-corrected chi connectivity index (χ4v) is 4.93. The quantitative estimate of drug-likeness (QED) is 0.827. The molecule has 1 aliphatic carbocycles. The van der Waals surface area contributed by atoms with Gasteiger partial charge in [0.2, 0.25) is 10.0 Å². The molecule has 1 fully saturated rings. The lowest BCUT2D eigenvalue weighted by Crippen LogP contribution is -2.40. The van der Waals surface area contributed by atoms with E-state index in [1.165, 1.54) is 12.1 Å². The van der Waals surface area contributed by atoms with Crippen LogP contribution in [0.25, 0.3) is 0 Å². The topological polar surface area (TPSA) is 75.3 Å². The molecule has 2 rings (SSSR count). The van der Waals surface area contributed by atoms with Crippen LogP contribution in [0.5, 0.6) is 0 Å². The van der Waals surface area contributed by atoms with Crippen molar-refractivity contribution in [3.8, 4) is 0 Å². The van der Waals surface area contributed by atoms with Crippen molar-refractivity contribution < 1.29 is 13.2 Å². The van der Waals surface area contributed by atoms with Gasteiger partial charge in [-0.2, -0.15) is 0 Å². The second kappa shape index (κ2) is 7.64. The van der Waals surface area contributed by atoms with Crippen LogP contribution < -0.4 is 10.0 Å². The molecule has 1 aromatic carbocycles. The van der Waals surface area contributed by atoms with Crippen LogP contribution in [0.2, 0.25) is 5.02 Å². The largest absolute Gasteiger partial charge is 0.349 e. The first-order valence-electron chi connectivity index (χ1n) is 8.62. The SMILES string of the molecule is CC1CCC(NC(=O)c2ccc(Cl)c(S(=O)(=O)NC(C)(C)C)c2)CC1. The Bertz CT molecular complexity index is 733. The molecule has 2 N–H and O–H groups in total. The number of sulfonamides is 1. The van der Waals surface area contributed by atoms with Gasteiger partial charge in [0.25, 0.3) is 5.91 Å². The Hall–Kier alpha value is -1.11. The minimum atomic E-state index is -3.81. The molecule has 1 aliphatic rings. The molecular formula is C18H27ClN2O3S. The predicted molar refractivity (Wildman–Crippen MR) is 100 cm³/mol. The van der Waals surface area contributed by atoms with Gasteiger partial charge >= 0.3 is 0 Å². The molecule has 0 aliphatic heterocycles. The molecule has 25 heavy (non-hydrogen) atoms. The third-order valence-electron chi connectivity index (χ3n) is 4.27. The number of benzene rings is 1. The summed E-state index contributed by atoms with van der Waals surface area (Å²) in [5.41, 5.74) is -0.337. The van der Waals surface area contributed by atoms with Crippen molar-refractivity contribution in [2.45, 2.75) is 69.9 Å². The van der Waals surface area contributed by atoms with E-state index in [4.69, 9.17) is 11.6 Å². The van der Waals surface area contributed by atoms with Crippen LogP contribution in [0.3, 0.4) is 0 Å². The average molecular weight is 387 g/mol. The maximum atomic E-state index is 12.5. The van der Waals surface area contributed by atoms with E-state index < -0.39 is 15.6 Å². The number of carbonyl (C=O) groups excluding carboxylic acids is 1. The maximum absolute atomic E-state index is 12.5. The molecule has 0 bridgehead atoms. The fraction of sp³-hybridized carbons (Fsp3) is 0.611.